The van der Waals surface area contributed by atoms with Crippen molar-refractivity contribution in [1.82, 2.24) is 4.57 Å². The number of carboxylic acids is 1. The van der Waals surface area contributed by atoms with Crippen LogP contribution in [0.2, 0.25) is 0 Å². The number of carbonyl (C=O) groups is 1. The van der Waals surface area contributed by atoms with E-state index < -0.39 is 15.8 Å². The zero-order valence-electron chi connectivity index (χ0n) is 11.2. The van der Waals surface area contributed by atoms with E-state index in [1.165, 1.54) is 6.26 Å². The van der Waals surface area contributed by atoms with Gasteiger partial charge in [0.25, 0.3) is 0 Å². The molecule has 2 rings (SSSR count). The van der Waals surface area contributed by atoms with Gasteiger partial charge < -0.3 is 9.67 Å². The summed E-state index contributed by atoms with van der Waals surface area (Å²) < 4.78 is 24.2. The number of aromatic nitrogens is 1. The third kappa shape index (κ3) is 3.60. The number of para-hydroxylation sites is 1. The number of hydrogen-bond acceptors (Lipinski definition) is 3. The number of nitrogens with zero attached hydrogens (tertiary/aromatic N) is 1. The van der Waals surface area contributed by atoms with Crippen molar-refractivity contribution in [2.75, 3.05) is 12.0 Å². The lowest BCUT2D eigenvalue weighted by Gasteiger charge is -2.04. The van der Waals surface area contributed by atoms with Crippen LogP contribution >= 0.6 is 0 Å². The standard InChI is InChI=1S/C14H17NO4S/c1-20(18,19)8-4-7-15-10-11(9-14(16)17)12-5-2-3-6-13(12)15/h2-3,5-6,10H,4,7-9H2,1H3,(H,16,17). The third-order valence-electron chi connectivity index (χ3n) is 3.13. The van der Waals surface area contributed by atoms with Gasteiger partial charge in [0.15, 0.2) is 0 Å². The number of aryl methyl sites for hydroxylation is 1. The number of rotatable bonds is 6. The first kappa shape index (κ1) is 14.6. The molecule has 0 unspecified atom stereocenters. The fourth-order valence-electron chi connectivity index (χ4n) is 2.31. The summed E-state index contributed by atoms with van der Waals surface area (Å²) in [5, 5.41) is 9.84. The lowest BCUT2D eigenvalue weighted by atomic mass is 10.1. The Bertz CT molecular complexity index is 731. The van der Waals surface area contributed by atoms with Gasteiger partial charge in [-0.3, -0.25) is 4.79 Å². The molecule has 0 aliphatic carbocycles. The van der Waals surface area contributed by atoms with Gasteiger partial charge in [-0.05, 0) is 18.1 Å². The van der Waals surface area contributed by atoms with E-state index in [2.05, 4.69) is 0 Å². The van der Waals surface area contributed by atoms with Crippen molar-refractivity contribution >= 4 is 26.7 Å². The summed E-state index contributed by atoms with van der Waals surface area (Å²) in [6, 6.07) is 7.57. The monoisotopic (exact) mass is 295 g/mol. The first-order chi connectivity index (χ1) is 9.37. The summed E-state index contributed by atoms with van der Waals surface area (Å²) >= 11 is 0. The first-order valence-electron chi connectivity index (χ1n) is 6.33. The van der Waals surface area contributed by atoms with E-state index in [1.807, 2.05) is 28.8 Å². The average molecular weight is 295 g/mol. The van der Waals surface area contributed by atoms with E-state index in [-0.39, 0.29) is 12.2 Å². The van der Waals surface area contributed by atoms with Crippen LogP contribution in [0.1, 0.15) is 12.0 Å². The van der Waals surface area contributed by atoms with Gasteiger partial charge in [-0.15, -0.1) is 0 Å². The Labute approximate surface area is 117 Å². The Balaban J connectivity index is 2.27. The van der Waals surface area contributed by atoms with Gasteiger partial charge >= 0.3 is 5.97 Å². The molecule has 0 radical (unpaired) electrons. The molecular formula is C14H17NO4S. The van der Waals surface area contributed by atoms with Gasteiger partial charge in [0.1, 0.15) is 9.84 Å². The summed E-state index contributed by atoms with van der Waals surface area (Å²) in [6.07, 6.45) is 3.52. The molecule has 1 N–H and O–H groups in total. The van der Waals surface area contributed by atoms with Gasteiger partial charge in [0.2, 0.25) is 0 Å². The van der Waals surface area contributed by atoms with E-state index in [0.717, 1.165) is 16.5 Å². The molecule has 0 saturated heterocycles. The van der Waals surface area contributed by atoms with Gasteiger partial charge in [0.05, 0.1) is 12.2 Å². The number of sulfone groups is 1. The van der Waals surface area contributed by atoms with Crippen molar-refractivity contribution in [3.8, 4) is 0 Å². The van der Waals surface area contributed by atoms with Gasteiger partial charge in [0, 0.05) is 29.9 Å². The number of aliphatic carboxylic acids is 1. The van der Waals surface area contributed by atoms with Crippen LogP contribution in [0, 0.1) is 0 Å². The Hall–Kier alpha value is -1.82. The minimum atomic E-state index is -2.97. The normalized spacial score (nSPS) is 11.8. The number of fused-ring (bicyclic) bond motifs is 1. The van der Waals surface area contributed by atoms with Crippen molar-refractivity contribution in [2.45, 2.75) is 19.4 Å². The molecule has 0 saturated carbocycles. The van der Waals surface area contributed by atoms with Crippen molar-refractivity contribution < 1.29 is 18.3 Å². The molecule has 1 aromatic heterocycles. The van der Waals surface area contributed by atoms with Crippen LogP contribution in [0.25, 0.3) is 10.9 Å². The maximum absolute atomic E-state index is 11.1. The molecule has 0 bridgehead atoms. The lowest BCUT2D eigenvalue weighted by Crippen LogP contribution is -2.07. The lowest BCUT2D eigenvalue weighted by molar-refractivity contribution is -0.136. The third-order valence-corrected chi connectivity index (χ3v) is 4.16. The van der Waals surface area contributed by atoms with Gasteiger partial charge in [-0.25, -0.2) is 8.42 Å². The van der Waals surface area contributed by atoms with E-state index >= 15 is 0 Å². The highest BCUT2D eigenvalue weighted by Gasteiger charge is 2.11. The Kier molecular flexibility index (Phi) is 4.13. The molecule has 5 nitrogen and oxygen atoms in total. The molecule has 6 heteroatoms. The molecule has 0 spiro atoms. The maximum Gasteiger partial charge on any atom is 0.307 e. The molecule has 2 aromatic rings. The zero-order chi connectivity index (χ0) is 14.8. The maximum atomic E-state index is 11.1. The second-order valence-electron chi connectivity index (χ2n) is 4.92. The van der Waals surface area contributed by atoms with Gasteiger partial charge in [-0.1, -0.05) is 18.2 Å². The molecule has 1 heterocycles. The summed E-state index contributed by atoms with van der Waals surface area (Å²) in [4.78, 5) is 10.9. The largest absolute Gasteiger partial charge is 0.481 e. The van der Waals surface area contributed by atoms with Crippen LogP contribution < -0.4 is 0 Å². The average Bonchev–Trinajstić information content (AvgIpc) is 2.66. The second kappa shape index (κ2) is 5.66. The summed E-state index contributed by atoms with van der Waals surface area (Å²) in [6.45, 7) is 0.563. The summed E-state index contributed by atoms with van der Waals surface area (Å²) in [5.74, 6) is -0.739. The predicted molar refractivity (Wildman–Crippen MR) is 77.6 cm³/mol. The summed E-state index contributed by atoms with van der Waals surface area (Å²) in [7, 11) is -2.97. The Morgan fingerprint density at radius 2 is 2.00 bits per heavy atom. The van der Waals surface area contributed by atoms with E-state index in [0.29, 0.717) is 13.0 Å². The van der Waals surface area contributed by atoms with Gasteiger partial charge in [-0.2, -0.15) is 0 Å². The minimum absolute atomic E-state index is 0.0282. The van der Waals surface area contributed by atoms with Crippen LogP contribution in [-0.2, 0) is 27.6 Å². The molecule has 108 valence electrons. The van der Waals surface area contributed by atoms with Crippen molar-refractivity contribution in [3.63, 3.8) is 0 Å². The first-order valence-corrected chi connectivity index (χ1v) is 8.39. The number of benzene rings is 1. The minimum Gasteiger partial charge on any atom is -0.481 e. The Morgan fingerprint density at radius 1 is 1.30 bits per heavy atom. The quantitative estimate of drug-likeness (QED) is 0.880. The highest BCUT2D eigenvalue weighted by Crippen LogP contribution is 2.22. The fourth-order valence-corrected chi connectivity index (χ4v) is 2.96. The molecule has 20 heavy (non-hydrogen) atoms. The smallest absolute Gasteiger partial charge is 0.307 e. The molecule has 0 aliphatic rings. The summed E-state index contributed by atoms with van der Waals surface area (Å²) in [5.41, 5.74) is 1.70. The number of carboxylic acid groups (broad SMARTS) is 1. The molecule has 0 fully saturated rings. The predicted octanol–water partition coefficient (Wildman–Crippen LogP) is 1.70. The molecular weight excluding hydrogens is 278 g/mol. The van der Waals surface area contributed by atoms with E-state index in [9.17, 15) is 13.2 Å². The fraction of sp³-hybridized carbons (Fsp3) is 0.357. The highest BCUT2D eigenvalue weighted by atomic mass is 32.2. The second-order valence-corrected chi connectivity index (χ2v) is 7.18. The topological polar surface area (TPSA) is 76.4 Å². The van der Waals surface area contributed by atoms with Crippen molar-refractivity contribution in [3.05, 3.63) is 36.0 Å². The van der Waals surface area contributed by atoms with Crippen molar-refractivity contribution in [2.24, 2.45) is 0 Å². The Morgan fingerprint density at radius 3 is 2.65 bits per heavy atom. The van der Waals surface area contributed by atoms with Crippen LogP contribution in [-0.4, -0.2) is 36.1 Å². The zero-order valence-corrected chi connectivity index (χ0v) is 12.1. The van der Waals surface area contributed by atoms with Crippen LogP contribution in [0.5, 0.6) is 0 Å². The molecule has 1 aromatic carbocycles. The molecule has 0 aliphatic heterocycles. The molecule has 0 amide bonds. The molecule has 0 atom stereocenters. The van der Waals surface area contributed by atoms with Crippen molar-refractivity contribution in [1.29, 1.82) is 0 Å². The SMILES string of the molecule is CS(=O)(=O)CCCn1cc(CC(=O)O)c2ccccc21. The highest BCUT2D eigenvalue weighted by molar-refractivity contribution is 7.90. The number of hydrogen-bond donors (Lipinski definition) is 1. The van der Waals surface area contributed by atoms with E-state index in [1.54, 1.807) is 6.20 Å². The van der Waals surface area contributed by atoms with E-state index in [4.69, 9.17) is 5.11 Å². The van der Waals surface area contributed by atoms with Crippen LogP contribution in [0.4, 0.5) is 0 Å². The van der Waals surface area contributed by atoms with Crippen LogP contribution in [0.3, 0.4) is 0 Å². The van der Waals surface area contributed by atoms with Crippen LogP contribution in [0.15, 0.2) is 30.5 Å².